The molecule has 1 aliphatic rings. The third-order valence-electron chi connectivity index (χ3n) is 3.52. The molecule has 1 aromatic heterocycles. The van der Waals surface area contributed by atoms with E-state index in [0.29, 0.717) is 12.6 Å². The average molecular weight is 271 g/mol. The fourth-order valence-corrected chi connectivity index (χ4v) is 2.22. The number of hydrogen-bond donors (Lipinski definition) is 1. The number of rotatable bonds is 6. The van der Waals surface area contributed by atoms with Gasteiger partial charge in [0.25, 0.3) is 0 Å². The zero-order chi connectivity index (χ0) is 13.9. The maximum atomic E-state index is 5.93. The van der Waals surface area contributed by atoms with Gasteiger partial charge in [-0.05, 0) is 31.9 Å². The van der Waals surface area contributed by atoms with Crippen LogP contribution in [0.3, 0.4) is 0 Å². The van der Waals surface area contributed by atoms with Crippen molar-refractivity contribution in [1.82, 2.24) is 15.1 Å². The van der Waals surface area contributed by atoms with Crippen LogP contribution in [0.4, 0.5) is 0 Å². The molecule has 1 N–H and O–H groups in total. The summed E-state index contributed by atoms with van der Waals surface area (Å²) in [6, 6.07) is 9.04. The van der Waals surface area contributed by atoms with E-state index in [1.165, 1.54) is 24.0 Å². The van der Waals surface area contributed by atoms with E-state index in [2.05, 4.69) is 35.5 Å². The minimum atomic E-state index is 0.514. The Morgan fingerprint density at radius 2 is 2.20 bits per heavy atom. The Labute approximate surface area is 119 Å². The second-order valence-corrected chi connectivity index (χ2v) is 5.54. The summed E-state index contributed by atoms with van der Waals surface area (Å²) in [5, 5.41) is 7.88. The molecule has 0 bridgehead atoms. The third kappa shape index (κ3) is 3.39. The topological polar surface area (TPSA) is 39.1 Å². The Balaban J connectivity index is 1.66. The normalized spacial score (nSPS) is 14.5. The Kier molecular flexibility index (Phi) is 3.74. The van der Waals surface area contributed by atoms with Crippen molar-refractivity contribution in [3.63, 3.8) is 0 Å². The van der Waals surface area contributed by atoms with Crippen molar-refractivity contribution in [3.8, 4) is 5.75 Å². The molecule has 4 heteroatoms. The van der Waals surface area contributed by atoms with E-state index in [1.54, 1.807) is 4.68 Å². The Bertz CT molecular complexity index is 587. The van der Waals surface area contributed by atoms with Crippen LogP contribution < -0.4 is 10.1 Å². The summed E-state index contributed by atoms with van der Waals surface area (Å²) in [5.74, 6) is 0.953. The van der Waals surface area contributed by atoms with Crippen LogP contribution in [0.5, 0.6) is 5.75 Å². The number of nitrogens with zero attached hydrogens (tertiary/aromatic N) is 2. The smallest absolute Gasteiger partial charge is 0.132 e. The summed E-state index contributed by atoms with van der Waals surface area (Å²) in [6.07, 6.45) is 4.54. The second kappa shape index (κ2) is 5.67. The molecule has 1 aliphatic carbocycles. The molecule has 4 nitrogen and oxygen atoms in total. The van der Waals surface area contributed by atoms with Crippen LogP contribution in [0, 0.1) is 6.92 Å². The van der Waals surface area contributed by atoms with Gasteiger partial charge < -0.3 is 10.1 Å². The van der Waals surface area contributed by atoms with Gasteiger partial charge >= 0.3 is 0 Å². The third-order valence-corrected chi connectivity index (χ3v) is 3.52. The van der Waals surface area contributed by atoms with E-state index < -0.39 is 0 Å². The molecule has 0 unspecified atom stereocenters. The number of ether oxygens (including phenoxy) is 1. The van der Waals surface area contributed by atoms with Gasteiger partial charge in [-0.15, -0.1) is 0 Å². The minimum Gasteiger partial charge on any atom is -0.487 e. The molecule has 1 heterocycles. The standard InChI is InChI=1S/C16H21N3O/c1-12-3-6-16(13(9-12)10-17-14-4-5-14)20-11-15-7-8-19(2)18-15/h3,6-9,14,17H,4-5,10-11H2,1-2H3. The predicted octanol–water partition coefficient (Wildman–Crippen LogP) is 2.56. The van der Waals surface area contributed by atoms with E-state index in [9.17, 15) is 0 Å². The van der Waals surface area contributed by atoms with Gasteiger partial charge in [0, 0.05) is 31.4 Å². The quantitative estimate of drug-likeness (QED) is 0.877. The van der Waals surface area contributed by atoms with Crippen molar-refractivity contribution in [3.05, 3.63) is 47.3 Å². The largest absolute Gasteiger partial charge is 0.487 e. The summed E-state index contributed by atoms with van der Waals surface area (Å²) in [5.41, 5.74) is 3.45. The summed E-state index contributed by atoms with van der Waals surface area (Å²) in [7, 11) is 1.92. The molecule has 0 radical (unpaired) electrons. The molecule has 106 valence electrons. The fraction of sp³-hybridized carbons (Fsp3) is 0.438. The molecule has 0 saturated heterocycles. The molecule has 20 heavy (non-hydrogen) atoms. The lowest BCUT2D eigenvalue weighted by atomic mass is 10.1. The molecule has 1 aromatic carbocycles. The van der Waals surface area contributed by atoms with Crippen LogP contribution in [0.15, 0.2) is 30.5 Å². The van der Waals surface area contributed by atoms with E-state index in [0.717, 1.165) is 18.0 Å². The summed E-state index contributed by atoms with van der Waals surface area (Å²) in [6.45, 7) is 3.51. The molecule has 0 aliphatic heterocycles. The first kappa shape index (κ1) is 13.2. The van der Waals surface area contributed by atoms with Gasteiger partial charge in [0.15, 0.2) is 0 Å². The first-order chi connectivity index (χ1) is 9.70. The molecule has 3 rings (SSSR count). The molecular weight excluding hydrogens is 250 g/mol. The maximum absolute atomic E-state index is 5.93. The minimum absolute atomic E-state index is 0.514. The van der Waals surface area contributed by atoms with E-state index >= 15 is 0 Å². The van der Waals surface area contributed by atoms with Crippen LogP contribution in [0.1, 0.15) is 29.7 Å². The summed E-state index contributed by atoms with van der Waals surface area (Å²) in [4.78, 5) is 0. The van der Waals surface area contributed by atoms with Crippen molar-refractivity contribution in [2.24, 2.45) is 7.05 Å². The lowest BCUT2D eigenvalue weighted by Gasteiger charge is -2.12. The number of hydrogen-bond acceptors (Lipinski definition) is 3. The highest BCUT2D eigenvalue weighted by molar-refractivity contribution is 5.37. The molecule has 0 amide bonds. The van der Waals surface area contributed by atoms with Crippen molar-refractivity contribution >= 4 is 0 Å². The number of nitrogens with one attached hydrogen (secondary N) is 1. The highest BCUT2D eigenvalue weighted by Crippen LogP contribution is 2.24. The Hall–Kier alpha value is -1.81. The van der Waals surface area contributed by atoms with Gasteiger partial charge in [0.05, 0.1) is 5.69 Å². The van der Waals surface area contributed by atoms with Crippen molar-refractivity contribution in [2.75, 3.05) is 0 Å². The van der Waals surface area contributed by atoms with Crippen LogP contribution in [0.25, 0.3) is 0 Å². The lowest BCUT2D eigenvalue weighted by molar-refractivity contribution is 0.296. The van der Waals surface area contributed by atoms with Gasteiger partial charge in [-0.1, -0.05) is 17.7 Å². The molecule has 0 spiro atoms. The molecule has 1 saturated carbocycles. The summed E-state index contributed by atoms with van der Waals surface area (Å²) < 4.78 is 7.72. The molecular formula is C16H21N3O. The van der Waals surface area contributed by atoms with E-state index in [1.807, 2.05) is 19.3 Å². The number of aryl methyl sites for hydroxylation is 2. The highest BCUT2D eigenvalue weighted by Gasteiger charge is 2.20. The first-order valence-electron chi connectivity index (χ1n) is 7.15. The Morgan fingerprint density at radius 1 is 1.35 bits per heavy atom. The van der Waals surface area contributed by atoms with Gasteiger partial charge in [0.2, 0.25) is 0 Å². The van der Waals surface area contributed by atoms with Crippen molar-refractivity contribution in [2.45, 2.75) is 39.0 Å². The van der Waals surface area contributed by atoms with Crippen molar-refractivity contribution < 1.29 is 4.74 Å². The van der Waals surface area contributed by atoms with Crippen LogP contribution in [0.2, 0.25) is 0 Å². The fourth-order valence-electron chi connectivity index (χ4n) is 2.22. The number of aromatic nitrogens is 2. The lowest BCUT2D eigenvalue weighted by Crippen LogP contribution is -2.16. The van der Waals surface area contributed by atoms with Crippen LogP contribution in [-0.2, 0) is 20.2 Å². The first-order valence-corrected chi connectivity index (χ1v) is 7.15. The van der Waals surface area contributed by atoms with Crippen LogP contribution in [-0.4, -0.2) is 15.8 Å². The zero-order valence-corrected chi connectivity index (χ0v) is 12.1. The SMILES string of the molecule is Cc1ccc(OCc2ccn(C)n2)c(CNC2CC2)c1. The monoisotopic (exact) mass is 271 g/mol. The molecule has 2 aromatic rings. The molecule has 0 atom stereocenters. The average Bonchev–Trinajstić information content (AvgIpc) is 3.17. The summed E-state index contributed by atoms with van der Waals surface area (Å²) >= 11 is 0. The van der Waals surface area contributed by atoms with E-state index in [-0.39, 0.29) is 0 Å². The second-order valence-electron chi connectivity index (χ2n) is 5.54. The van der Waals surface area contributed by atoms with E-state index in [4.69, 9.17) is 4.74 Å². The highest BCUT2D eigenvalue weighted by atomic mass is 16.5. The predicted molar refractivity (Wildman–Crippen MR) is 78.6 cm³/mol. The zero-order valence-electron chi connectivity index (χ0n) is 12.1. The number of benzene rings is 1. The Morgan fingerprint density at radius 3 is 2.90 bits per heavy atom. The van der Waals surface area contributed by atoms with Crippen molar-refractivity contribution in [1.29, 1.82) is 0 Å². The van der Waals surface area contributed by atoms with Gasteiger partial charge in [-0.3, -0.25) is 4.68 Å². The van der Waals surface area contributed by atoms with Gasteiger partial charge in [0.1, 0.15) is 12.4 Å². The van der Waals surface area contributed by atoms with Gasteiger partial charge in [-0.25, -0.2) is 0 Å². The van der Waals surface area contributed by atoms with Crippen LogP contribution >= 0.6 is 0 Å². The van der Waals surface area contributed by atoms with Gasteiger partial charge in [-0.2, -0.15) is 5.10 Å². The molecule has 1 fully saturated rings. The maximum Gasteiger partial charge on any atom is 0.132 e.